The maximum Gasteiger partial charge on any atom is 0.240 e. The second-order valence-corrected chi connectivity index (χ2v) is 8.40. The predicted molar refractivity (Wildman–Crippen MR) is 104 cm³/mol. The van der Waals surface area contributed by atoms with Gasteiger partial charge in [0.1, 0.15) is 5.82 Å². The first-order valence-electron chi connectivity index (χ1n) is 8.24. The highest BCUT2D eigenvalue weighted by Gasteiger charge is 2.13. The first-order chi connectivity index (χ1) is 12.8. The van der Waals surface area contributed by atoms with Gasteiger partial charge in [-0.1, -0.05) is 29.3 Å². The average molecular weight is 433 g/mol. The molecular weight excluding hydrogens is 414 g/mol. The van der Waals surface area contributed by atoms with Crippen molar-refractivity contribution in [1.82, 2.24) is 10.0 Å². The van der Waals surface area contributed by atoms with Crippen molar-refractivity contribution in [2.24, 2.45) is 0 Å². The summed E-state index contributed by atoms with van der Waals surface area (Å²) in [6.07, 6.45) is 1.09. The molecule has 0 unspecified atom stereocenters. The fourth-order valence-corrected chi connectivity index (χ4v) is 3.88. The molecule has 0 aliphatic carbocycles. The van der Waals surface area contributed by atoms with Crippen molar-refractivity contribution in [3.63, 3.8) is 0 Å². The standard InChI is InChI=1S/C18H19Cl2FN2O3S/c19-14-4-3-13(17(20)12-14)9-11-22-18(24)2-1-10-23-27(25,26)16-7-5-15(21)6-8-16/h3-8,12,23H,1-2,9-11H2,(H,22,24). The highest BCUT2D eigenvalue weighted by Crippen LogP contribution is 2.21. The number of carbonyl (C=O) groups excluding carboxylic acids is 1. The van der Waals surface area contributed by atoms with Gasteiger partial charge in [-0.15, -0.1) is 0 Å². The van der Waals surface area contributed by atoms with Crippen LogP contribution in [-0.2, 0) is 21.2 Å². The molecule has 0 aliphatic heterocycles. The van der Waals surface area contributed by atoms with Crippen molar-refractivity contribution < 1.29 is 17.6 Å². The molecule has 2 rings (SSSR count). The van der Waals surface area contributed by atoms with Gasteiger partial charge >= 0.3 is 0 Å². The van der Waals surface area contributed by atoms with E-state index in [9.17, 15) is 17.6 Å². The molecule has 0 bridgehead atoms. The van der Waals surface area contributed by atoms with Gasteiger partial charge in [-0.3, -0.25) is 4.79 Å². The van der Waals surface area contributed by atoms with E-state index in [1.165, 1.54) is 12.1 Å². The van der Waals surface area contributed by atoms with Gasteiger partial charge in [0, 0.05) is 29.6 Å². The van der Waals surface area contributed by atoms with Crippen molar-refractivity contribution >= 4 is 39.1 Å². The van der Waals surface area contributed by atoms with Crippen LogP contribution >= 0.6 is 23.2 Å². The van der Waals surface area contributed by atoms with E-state index in [2.05, 4.69) is 10.0 Å². The van der Waals surface area contributed by atoms with Crippen molar-refractivity contribution in [3.05, 3.63) is 63.9 Å². The molecule has 0 radical (unpaired) electrons. The monoisotopic (exact) mass is 432 g/mol. The van der Waals surface area contributed by atoms with Crippen LogP contribution < -0.4 is 10.0 Å². The Bertz CT molecular complexity index is 890. The zero-order chi connectivity index (χ0) is 19.9. The zero-order valence-electron chi connectivity index (χ0n) is 14.3. The Balaban J connectivity index is 1.67. The van der Waals surface area contributed by atoms with Crippen molar-refractivity contribution in [1.29, 1.82) is 0 Å². The third kappa shape index (κ3) is 7.10. The smallest absolute Gasteiger partial charge is 0.240 e. The van der Waals surface area contributed by atoms with Crippen molar-refractivity contribution in [2.75, 3.05) is 13.1 Å². The fraction of sp³-hybridized carbons (Fsp3) is 0.278. The van der Waals surface area contributed by atoms with E-state index in [1.807, 2.05) is 0 Å². The number of nitrogens with one attached hydrogen (secondary N) is 2. The second kappa shape index (κ2) is 10.0. The maximum atomic E-state index is 12.8. The lowest BCUT2D eigenvalue weighted by atomic mass is 10.1. The summed E-state index contributed by atoms with van der Waals surface area (Å²) in [5.74, 6) is -0.688. The van der Waals surface area contributed by atoms with Gasteiger partial charge in [-0.25, -0.2) is 17.5 Å². The molecule has 9 heteroatoms. The van der Waals surface area contributed by atoms with E-state index < -0.39 is 15.8 Å². The molecule has 0 aromatic heterocycles. The quantitative estimate of drug-likeness (QED) is 0.594. The molecular formula is C18H19Cl2FN2O3S. The summed E-state index contributed by atoms with van der Waals surface area (Å²) in [7, 11) is -3.71. The lowest BCUT2D eigenvalue weighted by Crippen LogP contribution is -2.28. The van der Waals surface area contributed by atoms with E-state index in [0.29, 0.717) is 29.4 Å². The zero-order valence-corrected chi connectivity index (χ0v) is 16.7. The summed E-state index contributed by atoms with van der Waals surface area (Å²) in [6.45, 7) is 0.525. The summed E-state index contributed by atoms with van der Waals surface area (Å²) < 4.78 is 39.3. The summed E-state index contributed by atoms with van der Waals surface area (Å²) in [6, 6.07) is 9.72. The number of rotatable bonds is 9. The topological polar surface area (TPSA) is 75.3 Å². The Morgan fingerprint density at radius 3 is 2.41 bits per heavy atom. The summed E-state index contributed by atoms with van der Waals surface area (Å²) in [4.78, 5) is 11.8. The maximum absolute atomic E-state index is 12.8. The van der Waals surface area contributed by atoms with Crippen LogP contribution in [0.2, 0.25) is 10.0 Å². The lowest BCUT2D eigenvalue weighted by molar-refractivity contribution is -0.121. The third-order valence-electron chi connectivity index (χ3n) is 3.73. The molecule has 0 saturated carbocycles. The molecule has 0 saturated heterocycles. The molecule has 0 spiro atoms. The highest BCUT2D eigenvalue weighted by atomic mass is 35.5. The lowest BCUT2D eigenvalue weighted by Gasteiger charge is -2.08. The van der Waals surface area contributed by atoms with Crippen LogP contribution in [0.15, 0.2) is 47.4 Å². The van der Waals surface area contributed by atoms with E-state index in [0.717, 1.165) is 17.7 Å². The fourth-order valence-electron chi connectivity index (χ4n) is 2.30. The largest absolute Gasteiger partial charge is 0.356 e. The summed E-state index contributed by atoms with van der Waals surface area (Å²) in [5.41, 5.74) is 0.883. The van der Waals surface area contributed by atoms with Crippen molar-refractivity contribution in [2.45, 2.75) is 24.2 Å². The Hall–Kier alpha value is -1.67. The highest BCUT2D eigenvalue weighted by molar-refractivity contribution is 7.89. The SMILES string of the molecule is O=C(CCCNS(=O)(=O)c1ccc(F)cc1)NCCc1ccc(Cl)cc1Cl. The number of halogens is 3. The van der Waals surface area contributed by atoms with Gasteiger partial charge < -0.3 is 5.32 Å². The Kier molecular flexibility index (Phi) is 8.04. The van der Waals surface area contributed by atoms with Crippen LogP contribution in [0.4, 0.5) is 4.39 Å². The van der Waals surface area contributed by atoms with Gasteiger partial charge in [0.15, 0.2) is 0 Å². The number of carbonyl (C=O) groups is 1. The van der Waals surface area contributed by atoms with E-state index >= 15 is 0 Å². The van der Waals surface area contributed by atoms with Crippen LogP contribution in [0.5, 0.6) is 0 Å². The van der Waals surface area contributed by atoms with Crippen LogP contribution in [0.1, 0.15) is 18.4 Å². The molecule has 2 N–H and O–H groups in total. The Morgan fingerprint density at radius 1 is 1.04 bits per heavy atom. The van der Waals surface area contributed by atoms with E-state index in [4.69, 9.17) is 23.2 Å². The van der Waals surface area contributed by atoms with Gasteiger partial charge in [0.05, 0.1) is 4.90 Å². The van der Waals surface area contributed by atoms with Gasteiger partial charge in [-0.2, -0.15) is 0 Å². The first kappa shape index (κ1) is 21.6. The van der Waals surface area contributed by atoms with Gasteiger partial charge in [-0.05, 0) is 54.8 Å². The minimum absolute atomic E-state index is 0.0202. The molecule has 0 atom stereocenters. The van der Waals surface area contributed by atoms with Gasteiger partial charge in [0.2, 0.25) is 15.9 Å². The molecule has 0 heterocycles. The van der Waals surface area contributed by atoms with E-state index in [1.54, 1.807) is 18.2 Å². The van der Waals surface area contributed by atoms with E-state index in [-0.39, 0.29) is 23.8 Å². The van der Waals surface area contributed by atoms with Gasteiger partial charge in [0.25, 0.3) is 0 Å². The van der Waals surface area contributed by atoms with Crippen LogP contribution in [0, 0.1) is 5.82 Å². The van der Waals surface area contributed by atoms with Crippen LogP contribution in [0.25, 0.3) is 0 Å². The normalized spacial score (nSPS) is 11.4. The molecule has 5 nitrogen and oxygen atoms in total. The Morgan fingerprint density at radius 2 is 1.74 bits per heavy atom. The summed E-state index contributed by atoms with van der Waals surface area (Å²) in [5, 5.41) is 3.86. The van der Waals surface area contributed by atoms with Crippen LogP contribution in [0.3, 0.4) is 0 Å². The predicted octanol–water partition coefficient (Wildman–Crippen LogP) is 3.55. The number of hydrogen-bond donors (Lipinski definition) is 2. The minimum atomic E-state index is -3.71. The average Bonchev–Trinajstić information content (AvgIpc) is 2.61. The molecule has 27 heavy (non-hydrogen) atoms. The molecule has 1 amide bonds. The minimum Gasteiger partial charge on any atom is -0.356 e. The number of sulfonamides is 1. The molecule has 0 aliphatic rings. The molecule has 0 fully saturated rings. The molecule has 2 aromatic carbocycles. The summed E-state index contributed by atoms with van der Waals surface area (Å²) >= 11 is 11.9. The van der Waals surface area contributed by atoms with Crippen LogP contribution in [-0.4, -0.2) is 27.4 Å². The second-order valence-electron chi connectivity index (χ2n) is 5.79. The molecule has 2 aromatic rings. The number of amides is 1. The number of hydrogen-bond acceptors (Lipinski definition) is 3. The van der Waals surface area contributed by atoms with Crippen molar-refractivity contribution in [3.8, 4) is 0 Å². The number of benzene rings is 2. The third-order valence-corrected chi connectivity index (χ3v) is 5.79. The Labute approximate surface area is 167 Å². The molecule has 146 valence electrons. The first-order valence-corrected chi connectivity index (χ1v) is 10.5.